The number of nitrogens with zero attached hydrogens (tertiary/aromatic N) is 1. The first kappa shape index (κ1) is 14.1. The molecule has 110 valence electrons. The predicted octanol–water partition coefficient (Wildman–Crippen LogP) is 1.52. The number of carbonyl (C=O) groups excluding carboxylic acids is 1. The molecule has 21 heavy (non-hydrogen) atoms. The van der Waals surface area contributed by atoms with Crippen molar-refractivity contribution in [2.24, 2.45) is 5.92 Å². The van der Waals surface area contributed by atoms with Gasteiger partial charge in [0.25, 0.3) is 0 Å². The van der Waals surface area contributed by atoms with Crippen molar-refractivity contribution in [1.29, 1.82) is 5.26 Å². The number of morpholine rings is 1. The van der Waals surface area contributed by atoms with E-state index in [1.807, 2.05) is 0 Å². The topological polar surface area (TPSA) is 71.3 Å². The molecular weight excluding hydrogens is 268 g/mol. The number of benzene rings is 1. The summed E-state index contributed by atoms with van der Waals surface area (Å²) in [6.45, 7) is 1.31. The van der Waals surface area contributed by atoms with Crippen LogP contribution in [-0.2, 0) is 4.74 Å². The SMILES string of the molecule is COc1cccc(C(=O)C2CC3COCC(C2)N3)c1C#N. The first-order valence-corrected chi connectivity index (χ1v) is 7.18. The van der Waals surface area contributed by atoms with Crippen LogP contribution in [0, 0.1) is 17.2 Å². The van der Waals surface area contributed by atoms with Gasteiger partial charge in [0.1, 0.15) is 17.4 Å². The van der Waals surface area contributed by atoms with Gasteiger partial charge in [-0.1, -0.05) is 6.07 Å². The summed E-state index contributed by atoms with van der Waals surface area (Å²) in [5.41, 5.74) is 0.813. The Balaban J connectivity index is 1.87. The molecule has 2 aliphatic rings. The van der Waals surface area contributed by atoms with E-state index in [-0.39, 0.29) is 23.8 Å². The van der Waals surface area contributed by atoms with Gasteiger partial charge in [-0.15, -0.1) is 0 Å². The van der Waals surface area contributed by atoms with E-state index < -0.39 is 0 Å². The van der Waals surface area contributed by atoms with Gasteiger partial charge in [0.15, 0.2) is 5.78 Å². The molecule has 2 atom stereocenters. The smallest absolute Gasteiger partial charge is 0.167 e. The molecule has 2 bridgehead atoms. The standard InChI is InChI=1S/C16H18N2O3/c1-20-15-4-2-3-13(14(15)7-17)16(19)10-5-11-8-21-9-12(6-10)18-11/h2-4,10-12,18H,5-6,8-9H2,1H3. The van der Waals surface area contributed by atoms with E-state index in [2.05, 4.69) is 11.4 Å². The highest BCUT2D eigenvalue weighted by atomic mass is 16.5. The van der Waals surface area contributed by atoms with Gasteiger partial charge in [0, 0.05) is 23.6 Å². The minimum atomic E-state index is -0.0515. The largest absolute Gasteiger partial charge is 0.495 e. The molecule has 1 N–H and O–H groups in total. The lowest BCUT2D eigenvalue weighted by atomic mass is 9.81. The van der Waals surface area contributed by atoms with E-state index in [9.17, 15) is 10.1 Å². The van der Waals surface area contributed by atoms with Crippen molar-refractivity contribution in [2.45, 2.75) is 24.9 Å². The summed E-state index contributed by atoms with van der Waals surface area (Å²) in [7, 11) is 1.51. The maximum Gasteiger partial charge on any atom is 0.167 e. The predicted molar refractivity (Wildman–Crippen MR) is 76.3 cm³/mol. The monoisotopic (exact) mass is 286 g/mol. The van der Waals surface area contributed by atoms with Crippen LogP contribution in [-0.4, -0.2) is 38.2 Å². The van der Waals surface area contributed by atoms with Crippen molar-refractivity contribution >= 4 is 5.78 Å². The number of piperidine rings is 1. The first-order chi connectivity index (χ1) is 10.2. The zero-order valence-electron chi connectivity index (χ0n) is 12.0. The van der Waals surface area contributed by atoms with Gasteiger partial charge in [-0.25, -0.2) is 0 Å². The maximum absolute atomic E-state index is 12.8. The Bertz CT molecular complexity index is 582. The highest BCUT2D eigenvalue weighted by Crippen LogP contribution is 2.30. The zero-order chi connectivity index (χ0) is 14.8. The second-order valence-electron chi connectivity index (χ2n) is 5.63. The van der Waals surface area contributed by atoms with Crippen molar-refractivity contribution in [1.82, 2.24) is 5.32 Å². The Morgan fingerprint density at radius 2 is 2.10 bits per heavy atom. The van der Waals surface area contributed by atoms with Crippen LogP contribution in [0.25, 0.3) is 0 Å². The number of Topliss-reactive ketones (excluding diaryl/α,β-unsaturated/α-hetero) is 1. The maximum atomic E-state index is 12.8. The molecule has 0 aromatic heterocycles. The molecule has 0 amide bonds. The van der Waals surface area contributed by atoms with Crippen LogP contribution in [0.1, 0.15) is 28.8 Å². The molecule has 5 nitrogen and oxygen atoms in total. The molecule has 2 fully saturated rings. The van der Waals surface area contributed by atoms with E-state index in [1.165, 1.54) is 7.11 Å². The first-order valence-electron chi connectivity index (χ1n) is 7.18. The van der Waals surface area contributed by atoms with Crippen molar-refractivity contribution in [3.8, 4) is 11.8 Å². The number of ketones is 1. The number of fused-ring (bicyclic) bond motifs is 2. The molecule has 0 saturated carbocycles. The molecule has 1 aromatic rings. The third-order valence-corrected chi connectivity index (χ3v) is 4.24. The number of hydrogen-bond donors (Lipinski definition) is 1. The third-order valence-electron chi connectivity index (χ3n) is 4.24. The second kappa shape index (κ2) is 5.84. The van der Waals surface area contributed by atoms with Crippen LogP contribution in [0.4, 0.5) is 0 Å². The van der Waals surface area contributed by atoms with Crippen LogP contribution in [0.5, 0.6) is 5.75 Å². The zero-order valence-corrected chi connectivity index (χ0v) is 12.0. The van der Waals surface area contributed by atoms with Crippen molar-refractivity contribution in [3.63, 3.8) is 0 Å². The van der Waals surface area contributed by atoms with Crippen LogP contribution in [0.15, 0.2) is 18.2 Å². The van der Waals surface area contributed by atoms with Crippen LogP contribution in [0.2, 0.25) is 0 Å². The second-order valence-corrected chi connectivity index (χ2v) is 5.63. The van der Waals surface area contributed by atoms with Gasteiger partial charge >= 0.3 is 0 Å². The molecule has 0 spiro atoms. The number of nitrogens with one attached hydrogen (secondary N) is 1. The van der Waals surface area contributed by atoms with Gasteiger partial charge in [-0.3, -0.25) is 4.79 Å². The third kappa shape index (κ3) is 2.65. The Kier molecular flexibility index (Phi) is 3.91. The summed E-state index contributed by atoms with van der Waals surface area (Å²) < 4.78 is 10.7. The fourth-order valence-electron chi connectivity index (χ4n) is 3.29. The van der Waals surface area contributed by atoms with Gasteiger partial charge in [-0.05, 0) is 25.0 Å². The number of nitriles is 1. The Hall–Kier alpha value is -1.90. The molecule has 2 unspecified atom stereocenters. The average Bonchev–Trinajstić information content (AvgIpc) is 2.52. The van der Waals surface area contributed by atoms with Gasteiger partial charge in [0.2, 0.25) is 0 Å². The van der Waals surface area contributed by atoms with Crippen molar-refractivity contribution in [3.05, 3.63) is 29.3 Å². The van der Waals surface area contributed by atoms with Gasteiger partial charge in [0.05, 0.1) is 20.3 Å². The molecule has 0 radical (unpaired) electrons. The number of hydrogen-bond acceptors (Lipinski definition) is 5. The van der Waals surface area contributed by atoms with Gasteiger partial charge in [-0.2, -0.15) is 5.26 Å². The number of methoxy groups -OCH3 is 1. The van der Waals surface area contributed by atoms with E-state index in [1.54, 1.807) is 18.2 Å². The molecule has 0 aliphatic carbocycles. The van der Waals surface area contributed by atoms with E-state index in [0.29, 0.717) is 30.1 Å². The fourth-order valence-corrected chi connectivity index (χ4v) is 3.29. The van der Waals surface area contributed by atoms with Gasteiger partial charge < -0.3 is 14.8 Å². The quantitative estimate of drug-likeness (QED) is 0.853. The summed E-state index contributed by atoms with van der Waals surface area (Å²) >= 11 is 0. The lowest BCUT2D eigenvalue weighted by Gasteiger charge is -2.39. The molecular formula is C16H18N2O3. The van der Waals surface area contributed by atoms with Crippen LogP contribution < -0.4 is 10.1 Å². The fraction of sp³-hybridized carbons (Fsp3) is 0.500. The van der Waals surface area contributed by atoms with E-state index in [0.717, 1.165) is 12.8 Å². The Morgan fingerprint density at radius 3 is 2.71 bits per heavy atom. The van der Waals surface area contributed by atoms with E-state index >= 15 is 0 Å². The normalized spacial score (nSPS) is 27.7. The summed E-state index contributed by atoms with van der Waals surface area (Å²) in [5, 5.41) is 12.8. The number of carbonyl (C=O) groups is 1. The molecule has 2 heterocycles. The molecule has 1 aromatic carbocycles. The van der Waals surface area contributed by atoms with Crippen LogP contribution >= 0.6 is 0 Å². The summed E-state index contributed by atoms with van der Waals surface area (Å²) in [5.74, 6) is 0.453. The molecule has 2 saturated heterocycles. The lowest BCUT2D eigenvalue weighted by molar-refractivity contribution is 0.00952. The molecule has 5 heteroatoms. The highest BCUT2D eigenvalue weighted by molar-refractivity contribution is 6.00. The Morgan fingerprint density at radius 1 is 1.38 bits per heavy atom. The summed E-state index contributed by atoms with van der Waals surface area (Å²) in [6.07, 6.45) is 1.52. The van der Waals surface area contributed by atoms with E-state index in [4.69, 9.17) is 9.47 Å². The molecule has 2 aliphatic heterocycles. The lowest BCUT2D eigenvalue weighted by Crippen LogP contribution is -2.55. The minimum absolute atomic E-state index is 0.0452. The number of ether oxygens (including phenoxy) is 2. The number of rotatable bonds is 3. The minimum Gasteiger partial charge on any atom is -0.495 e. The van der Waals surface area contributed by atoms with Crippen molar-refractivity contribution in [2.75, 3.05) is 20.3 Å². The van der Waals surface area contributed by atoms with Crippen molar-refractivity contribution < 1.29 is 14.3 Å². The van der Waals surface area contributed by atoms with Crippen LogP contribution in [0.3, 0.4) is 0 Å². The Labute approximate surface area is 123 Å². The molecule has 3 rings (SSSR count). The summed E-state index contributed by atoms with van der Waals surface area (Å²) in [4.78, 5) is 12.8. The highest BCUT2D eigenvalue weighted by Gasteiger charge is 2.36. The summed E-state index contributed by atoms with van der Waals surface area (Å²) in [6, 6.07) is 7.77. The average molecular weight is 286 g/mol.